The molecule has 1 aromatic rings. The van der Waals surface area contributed by atoms with Crippen molar-refractivity contribution in [3.8, 4) is 0 Å². The predicted octanol–water partition coefficient (Wildman–Crippen LogP) is 4.59. The number of rotatable bonds is 6. The Bertz CT molecular complexity index is 700. The van der Waals surface area contributed by atoms with Crippen molar-refractivity contribution in [2.24, 2.45) is 4.99 Å². The van der Waals surface area contributed by atoms with Crippen LogP contribution in [0.2, 0.25) is 5.02 Å². The van der Waals surface area contributed by atoms with Crippen LogP contribution in [0.25, 0.3) is 0 Å². The number of benzene rings is 1. The summed E-state index contributed by atoms with van der Waals surface area (Å²) in [6, 6.07) is 5.26. The quantitative estimate of drug-likeness (QED) is 0.315. The van der Waals surface area contributed by atoms with Gasteiger partial charge >= 0.3 is 0 Å². The van der Waals surface area contributed by atoms with Crippen LogP contribution in [0.1, 0.15) is 57.4 Å². The number of nitrogens with one attached hydrogen (secondary N) is 2. The van der Waals surface area contributed by atoms with Gasteiger partial charge in [-0.3, -0.25) is 9.20 Å². The van der Waals surface area contributed by atoms with Crippen LogP contribution >= 0.6 is 35.6 Å². The van der Waals surface area contributed by atoms with Crippen molar-refractivity contribution in [1.29, 1.82) is 0 Å². The van der Waals surface area contributed by atoms with Crippen LogP contribution in [0, 0.1) is 5.82 Å². The lowest BCUT2D eigenvalue weighted by Gasteiger charge is -2.30. The minimum atomic E-state index is -0.744. The minimum Gasteiger partial charge on any atom is -0.354 e. The number of hydrogen-bond acceptors (Lipinski definition) is 2. The molecule has 4 nitrogen and oxygen atoms in total. The van der Waals surface area contributed by atoms with Crippen LogP contribution in [0.5, 0.6) is 0 Å². The van der Waals surface area contributed by atoms with Gasteiger partial charge in [-0.05, 0) is 44.7 Å². The molecule has 5 unspecified atom stereocenters. The summed E-state index contributed by atoms with van der Waals surface area (Å²) in [7, 11) is -0.744. The van der Waals surface area contributed by atoms with Gasteiger partial charge in [-0.1, -0.05) is 31.0 Å². The number of halogens is 3. The summed E-state index contributed by atoms with van der Waals surface area (Å²) in [5.41, 5.74) is 0.601. The van der Waals surface area contributed by atoms with Crippen molar-refractivity contribution < 1.29 is 8.60 Å². The molecule has 2 aliphatic rings. The Hall–Kier alpha value is -0.410. The zero-order valence-corrected chi connectivity index (χ0v) is 20.3. The van der Waals surface area contributed by atoms with Gasteiger partial charge in [-0.15, -0.1) is 24.0 Å². The monoisotopic (exact) mass is 541 g/mol. The molecule has 158 valence electrons. The van der Waals surface area contributed by atoms with Gasteiger partial charge in [0.1, 0.15) is 5.82 Å². The number of aliphatic imine (C=N–C) groups is 1. The third-order valence-corrected chi connectivity index (χ3v) is 7.49. The highest BCUT2D eigenvalue weighted by Gasteiger charge is 2.42. The maximum absolute atomic E-state index is 14.1. The van der Waals surface area contributed by atoms with Gasteiger partial charge in [0.05, 0.1) is 0 Å². The molecule has 0 aromatic heterocycles. The van der Waals surface area contributed by atoms with Crippen molar-refractivity contribution >= 4 is 52.3 Å². The lowest BCUT2D eigenvalue weighted by atomic mass is 9.95. The average Bonchev–Trinajstić information content (AvgIpc) is 3.40. The van der Waals surface area contributed by atoms with E-state index in [1.807, 2.05) is 13.8 Å². The molecule has 8 heteroatoms. The molecule has 0 aliphatic heterocycles. The highest BCUT2D eigenvalue weighted by Crippen LogP contribution is 2.44. The summed E-state index contributed by atoms with van der Waals surface area (Å²) in [5, 5.41) is 7.72. The molecule has 5 atom stereocenters. The van der Waals surface area contributed by atoms with Gasteiger partial charge in [0, 0.05) is 56.9 Å². The SMILES string of the molecule is CCN=C(NC1CCCC(S(=O)CC)C1)NC1CC1c1c(F)cccc1Cl.I. The van der Waals surface area contributed by atoms with E-state index in [0.29, 0.717) is 17.1 Å². The average molecular weight is 542 g/mol. The van der Waals surface area contributed by atoms with E-state index in [2.05, 4.69) is 15.6 Å². The van der Waals surface area contributed by atoms with Crippen molar-refractivity contribution in [2.45, 2.75) is 69.2 Å². The van der Waals surface area contributed by atoms with E-state index in [0.717, 1.165) is 43.8 Å². The molecule has 3 rings (SSSR count). The number of nitrogens with zero attached hydrogens (tertiary/aromatic N) is 1. The maximum Gasteiger partial charge on any atom is 0.191 e. The molecule has 0 spiro atoms. The molecule has 2 aliphatic carbocycles. The molecule has 0 amide bonds. The van der Waals surface area contributed by atoms with Crippen LogP contribution in [0.3, 0.4) is 0 Å². The lowest BCUT2D eigenvalue weighted by molar-refractivity contribution is 0.413. The van der Waals surface area contributed by atoms with Crippen LogP contribution in [-0.2, 0) is 10.8 Å². The highest BCUT2D eigenvalue weighted by molar-refractivity contribution is 14.0. The predicted molar refractivity (Wildman–Crippen MR) is 127 cm³/mol. The fourth-order valence-electron chi connectivity index (χ4n) is 3.95. The Labute approximate surface area is 192 Å². The van der Waals surface area contributed by atoms with E-state index in [4.69, 9.17) is 11.6 Å². The molecule has 2 N–H and O–H groups in total. The van der Waals surface area contributed by atoms with E-state index in [1.165, 1.54) is 6.07 Å². The number of hydrogen-bond donors (Lipinski definition) is 2. The summed E-state index contributed by atoms with van der Waals surface area (Å²) in [6.07, 6.45) is 4.96. The smallest absolute Gasteiger partial charge is 0.191 e. The molecule has 0 radical (unpaired) electrons. The first-order valence-electron chi connectivity index (χ1n) is 9.92. The zero-order chi connectivity index (χ0) is 19.4. The fraction of sp³-hybridized carbons (Fsp3) is 0.650. The Morgan fingerprint density at radius 1 is 1.29 bits per heavy atom. The Morgan fingerprint density at radius 3 is 2.75 bits per heavy atom. The van der Waals surface area contributed by atoms with Crippen molar-refractivity contribution in [3.63, 3.8) is 0 Å². The standard InChI is InChI=1S/C20H29ClFN3OS.HI/c1-3-23-20(24-13-7-5-8-14(11-13)27(26)4-2)25-18-12-15(18)19-16(21)9-6-10-17(19)22;/h6,9-10,13-15,18H,3-5,7-8,11-12H2,1-2H3,(H2,23,24,25);1H. The molecular formula is C20H30ClFIN3OS. The summed E-state index contributed by atoms with van der Waals surface area (Å²) in [6.45, 7) is 4.65. The van der Waals surface area contributed by atoms with Crippen LogP contribution in [0.4, 0.5) is 4.39 Å². The van der Waals surface area contributed by atoms with E-state index < -0.39 is 10.8 Å². The van der Waals surface area contributed by atoms with E-state index in [-0.39, 0.29) is 53.0 Å². The summed E-state index contributed by atoms with van der Waals surface area (Å²) < 4.78 is 26.3. The number of guanidine groups is 1. The Morgan fingerprint density at radius 2 is 2.07 bits per heavy atom. The second-order valence-electron chi connectivity index (χ2n) is 7.35. The third kappa shape index (κ3) is 6.05. The molecule has 0 heterocycles. The summed E-state index contributed by atoms with van der Waals surface area (Å²) >= 11 is 6.20. The second kappa shape index (κ2) is 11.1. The molecular weight excluding hydrogens is 512 g/mol. The summed E-state index contributed by atoms with van der Waals surface area (Å²) in [4.78, 5) is 4.55. The first-order chi connectivity index (χ1) is 13.0. The van der Waals surface area contributed by atoms with Gasteiger partial charge in [0.2, 0.25) is 0 Å². The van der Waals surface area contributed by atoms with Gasteiger partial charge in [0.15, 0.2) is 5.96 Å². The Balaban J connectivity index is 0.00000280. The second-order valence-corrected chi connectivity index (χ2v) is 9.76. The largest absolute Gasteiger partial charge is 0.354 e. The molecule has 2 fully saturated rings. The summed E-state index contributed by atoms with van der Waals surface area (Å²) in [5.74, 6) is 1.33. The maximum atomic E-state index is 14.1. The molecule has 0 bridgehead atoms. The topological polar surface area (TPSA) is 53.5 Å². The van der Waals surface area contributed by atoms with Crippen molar-refractivity contribution in [3.05, 3.63) is 34.6 Å². The fourth-order valence-corrected chi connectivity index (χ4v) is 5.60. The van der Waals surface area contributed by atoms with Gasteiger partial charge < -0.3 is 10.6 Å². The normalized spacial score (nSPS) is 28.2. The first kappa shape index (κ1) is 23.9. The molecule has 2 saturated carbocycles. The van der Waals surface area contributed by atoms with E-state index in [1.54, 1.807) is 12.1 Å². The van der Waals surface area contributed by atoms with Gasteiger partial charge in [-0.2, -0.15) is 0 Å². The molecule has 1 aromatic carbocycles. The van der Waals surface area contributed by atoms with E-state index >= 15 is 0 Å². The Kier molecular flexibility index (Phi) is 9.47. The third-order valence-electron chi connectivity index (χ3n) is 5.42. The minimum absolute atomic E-state index is 0. The molecule has 0 saturated heterocycles. The first-order valence-corrected chi connectivity index (χ1v) is 11.7. The van der Waals surface area contributed by atoms with Gasteiger partial charge in [-0.25, -0.2) is 4.39 Å². The van der Waals surface area contributed by atoms with Crippen molar-refractivity contribution in [2.75, 3.05) is 12.3 Å². The van der Waals surface area contributed by atoms with Crippen molar-refractivity contribution in [1.82, 2.24) is 10.6 Å². The molecule has 28 heavy (non-hydrogen) atoms. The highest BCUT2D eigenvalue weighted by atomic mass is 127. The van der Waals surface area contributed by atoms with E-state index in [9.17, 15) is 8.60 Å². The van der Waals surface area contributed by atoms with Crippen LogP contribution < -0.4 is 10.6 Å². The van der Waals surface area contributed by atoms with Crippen LogP contribution in [-0.4, -0.2) is 39.8 Å². The lowest BCUT2D eigenvalue weighted by Crippen LogP contribution is -2.47. The van der Waals surface area contributed by atoms with Crippen LogP contribution in [0.15, 0.2) is 23.2 Å². The van der Waals surface area contributed by atoms with Gasteiger partial charge in [0.25, 0.3) is 0 Å². The zero-order valence-electron chi connectivity index (χ0n) is 16.4.